The van der Waals surface area contributed by atoms with E-state index < -0.39 is 10.0 Å². The van der Waals surface area contributed by atoms with Crippen LogP contribution in [0.25, 0.3) is 0 Å². The molecule has 0 aliphatic heterocycles. The van der Waals surface area contributed by atoms with Crippen molar-refractivity contribution in [3.05, 3.63) is 63.6 Å². The van der Waals surface area contributed by atoms with Gasteiger partial charge in [0.1, 0.15) is 5.75 Å². The summed E-state index contributed by atoms with van der Waals surface area (Å²) in [5.41, 5.74) is 1.01. The van der Waals surface area contributed by atoms with E-state index in [1.807, 2.05) is 0 Å². The van der Waals surface area contributed by atoms with Crippen LogP contribution in [-0.4, -0.2) is 25.9 Å². The molecule has 0 unspecified atom stereocenters. The largest absolute Gasteiger partial charge is 0.492 e. The minimum atomic E-state index is -3.76. The monoisotopic (exact) mass is 499 g/mol. The Kier molecular flexibility index (Phi) is 7.77. The van der Waals surface area contributed by atoms with Crippen LogP contribution in [0.15, 0.2) is 52.9 Å². The van der Waals surface area contributed by atoms with E-state index in [1.165, 1.54) is 23.6 Å². The summed E-state index contributed by atoms with van der Waals surface area (Å²) in [6, 6.07) is 9.54. The smallest absolute Gasteiger partial charge is 0.263 e. The van der Waals surface area contributed by atoms with Gasteiger partial charge in [-0.25, -0.2) is 13.4 Å². The van der Waals surface area contributed by atoms with Crippen LogP contribution in [-0.2, 0) is 14.8 Å². The van der Waals surface area contributed by atoms with Gasteiger partial charge in [-0.3, -0.25) is 9.52 Å². The van der Waals surface area contributed by atoms with Crippen LogP contribution in [0.1, 0.15) is 18.4 Å². The van der Waals surface area contributed by atoms with E-state index in [-0.39, 0.29) is 17.2 Å². The summed E-state index contributed by atoms with van der Waals surface area (Å²) in [5, 5.41) is 5.66. The average Bonchev–Trinajstić information content (AvgIpc) is 3.18. The normalized spacial score (nSPS) is 11.2. The van der Waals surface area contributed by atoms with Crippen LogP contribution in [0.3, 0.4) is 0 Å². The Balaban J connectivity index is 1.51. The fourth-order valence-electron chi connectivity index (χ4n) is 2.70. The van der Waals surface area contributed by atoms with Gasteiger partial charge in [0.2, 0.25) is 5.91 Å². The number of aryl methyl sites for hydroxylation is 1. The molecule has 0 fully saturated rings. The molecule has 1 aromatic heterocycles. The summed E-state index contributed by atoms with van der Waals surface area (Å²) >= 11 is 13.1. The molecule has 3 aromatic rings. The van der Waals surface area contributed by atoms with Gasteiger partial charge in [0.05, 0.1) is 16.5 Å². The zero-order valence-electron chi connectivity index (χ0n) is 16.4. The van der Waals surface area contributed by atoms with Crippen molar-refractivity contribution in [2.45, 2.75) is 24.7 Å². The third-order valence-corrected chi connectivity index (χ3v) is 6.95. The van der Waals surface area contributed by atoms with Gasteiger partial charge in [0.15, 0.2) is 5.13 Å². The highest BCUT2D eigenvalue weighted by Crippen LogP contribution is 2.27. The predicted molar refractivity (Wildman–Crippen MR) is 124 cm³/mol. The van der Waals surface area contributed by atoms with E-state index in [1.54, 1.807) is 42.6 Å². The van der Waals surface area contributed by atoms with Gasteiger partial charge in [-0.2, -0.15) is 0 Å². The Labute approximate surface area is 194 Å². The third-order valence-electron chi connectivity index (χ3n) is 4.10. The maximum atomic E-state index is 12.5. The first-order valence-corrected chi connectivity index (χ1v) is 12.3. The number of carbonyl (C=O) groups is 1. The molecule has 0 aliphatic carbocycles. The molecule has 0 bridgehead atoms. The Morgan fingerprint density at radius 3 is 2.68 bits per heavy atom. The number of hydrogen-bond donors (Lipinski definition) is 2. The van der Waals surface area contributed by atoms with Crippen molar-refractivity contribution in [2.75, 3.05) is 16.6 Å². The average molecular weight is 500 g/mol. The first kappa shape index (κ1) is 23.3. The molecule has 3 rings (SSSR count). The molecule has 0 saturated heterocycles. The maximum Gasteiger partial charge on any atom is 0.263 e. The number of benzene rings is 2. The summed E-state index contributed by atoms with van der Waals surface area (Å²) in [6.45, 7) is 1.98. The number of thiazole rings is 1. The molecule has 0 saturated carbocycles. The standard InChI is InChI=1S/C20H19Cl2N3O4S2/c1-13-11-15(5-7-18(13)31(27,28)25-20-23-8-10-30-20)24-19(26)3-2-9-29-17-6-4-14(21)12-16(17)22/h4-8,10-12H,2-3,9H2,1H3,(H,23,25)(H,24,26). The second-order valence-electron chi connectivity index (χ2n) is 6.50. The zero-order valence-corrected chi connectivity index (χ0v) is 19.5. The van der Waals surface area contributed by atoms with Gasteiger partial charge in [0.25, 0.3) is 10.0 Å². The van der Waals surface area contributed by atoms with Gasteiger partial charge in [0, 0.05) is 28.7 Å². The van der Waals surface area contributed by atoms with Gasteiger partial charge >= 0.3 is 0 Å². The number of aromatic nitrogens is 1. The highest BCUT2D eigenvalue weighted by Gasteiger charge is 2.18. The fourth-order valence-corrected chi connectivity index (χ4v) is 5.18. The molecule has 2 N–H and O–H groups in total. The number of amides is 1. The lowest BCUT2D eigenvalue weighted by molar-refractivity contribution is -0.116. The molecule has 0 radical (unpaired) electrons. The van der Waals surface area contributed by atoms with Crippen molar-refractivity contribution in [3.8, 4) is 5.75 Å². The number of halogens is 2. The van der Waals surface area contributed by atoms with Crippen LogP contribution >= 0.6 is 34.5 Å². The third kappa shape index (κ3) is 6.57. The first-order chi connectivity index (χ1) is 14.7. The Morgan fingerprint density at radius 1 is 1.19 bits per heavy atom. The van der Waals surface area contributed by atoms with Crippen LogP contribution in [0.5, 0.6) is 5.75 Å². The number of nitrogens with one attached hydrogen (secondary N) is 2. The topological polar surface area (TPSA) is 97.4 Å². The molecular weight excluding hydrogens is 481 g/mol. The predicted octanol–water partition coefficient (Wildman–Crippen LogP) is 5.36. The van der Waals surface area contributed by atoms with Crippen LogP contribution < -0.4 is 14.8 Å². The second kappa shape index (κ2) is 10.3. The zero-order chi connectivity index (χ0) is 22.4. The van der Waals surface area contributed by atoms with E-state index >= 15 is 0 Å². The molecule has 1 heterocycles. The maximum absolute atomic E-state index is 12.5. The lowest BCUT2D eigenvalue weighted by Gasteiger charge is -2.11. The van der Waals surface area contributed by atoms with E-state index in [0.717, 1.165) is 0 Å². The summed E-state index contributed by atoms with van der Waals surface area (Å²) in [5.74, 6) is 0.298. The number of nitrogens with zero attached hydrogens (tertiary/aromatic N) is 1. The van der Waals surface area contributed by atoms with Crippen molar-refractivity contribution < 1.29 is 17.9 Å². The molecular formula is C20H19Cl2N3O4S2. The van der Waals surface area contributed by atoms with E-state index in [0.29, 0.717) is 45.2 Å². The van der Waals surface area contributed by atoms with Crippen molar-refractivity contribution in [2.24, 2.45) is 0 Å². The molecule has 1 amide bonds. The molecule has 0 spiro atoms. The van der Waals surface area contributed by atoms with Gasteiger partial charge in [-0.1, -0.05) is 23.2 Å². The fraction of sp³-hybridized carbons (Fsp3) is 0.200. The van der Waals surface area contributed by atoms with Gasteiger partial charge < -0.3 is 10.1 Å². The molecule has 0 atom stereocenters. The summed E-state index contributed by atoms with van der Waals surface area (Å²) in [7, 11) is -3.76. The highest BCUT2D eigenvalue weighted by atomic mass is 35.5. The first-order valence-electron chi connectivity index (χ1n) is 9.15. The van der Waals surface area contributed by atoms with E-state index in [9.17, 15) is 13.2 Å². The number of ether oxygens (including phenoxy) is 1. The van der Waals surface area contributed by atoms with Gasteiger partial charge in [-0.15, -0.1) is 11.3 Å². The molecule has 164 valence electrons. The molecule has 7 nitrogen and oxygen atoms in total. The second-order valence-corrected chi connectivity index (χ2v) is 9.89. The molecule has 11 heteroatoms. The number of anilines is 2. The summed E-state index contributed by atoms with van der Waals surface area (Å²) < 4.78 is 33.0. The lowest BCUT2D eigenvalue weighted by Crippen LogP contribution is -2.15. The van der Waals surface area contributed by atoms with Crippen molar-refractivity contribution in [1.29, 1.82) is 0 Å². The van der Waals surface area contributed by atoms with Gasteiger partial charge in [-0.05, 0) is 55.3 Å². The van der Waals surface area contributed by atoms with Crippen LogP contribution in [0, 0.1) is 6.92 Å². The van der Waals surface area contributed by atoms with E-state index in [2.05, 4.69) is 15.0 Å². The lowest BCUT2D eigenvalue weighted by atomic mass is 10.2. The molecule has 31 heavy (non-hydrogen) atoms. The van der Waals surface area contributed by atoms with Crippen molar-refractivity contribution >= 4 is 61.3 Å². The number of rotatable bonds is 9. The van der Waals surface area contributed by atoms with Crippen LogP contribution in [0.2, 0.25) is 10.0 Å². The molecule has 0 aliphatic rings. The number of carbonyl (C=O) groups excluding carboxylic acids is 1. The van der Waals surface area contributed by atoms with Crippen molar-refractivity contribution in [3.63, 3.8) is 0 Å². The Hall–Kier alpha value is -2.33. The quantitative estimate of drug-likeness (QED) is 0.386. The Bertz CT molecular complexity index is 1170. The summed E-state index contributed by atoms with van der Waals surface area (Å²) in [4.78, 5) is 16.2. The highest BCUT2D eigenvalue weighted by molar-refractivity contribution is 7.93. The Morgan fingerprint density at radius 2 is 2.00 bits per heavy atom. The molecule has 2 aromatic carbocycles. The number of sulfonamides is 1. The minimum Gasteiger partial charge on any atom is -0.492 e. The van der Waals surface area contributed by atoms with E-state index in [4.69, 9.17) is 27.9 Å². The minimum absolute atomic E-state index is 0.119. The number of hydrogen-bond acceptors (Lipinski definition) is 6. The van der Waals surface area contributed by atoms with Crippen LogP contribution in [0.4, 0.5) is 10.8 Å². The SMILES string of the molecule is Cc1cc(NC(=O)CCCOc2ccc(Cl)cc2Cl)ccc1S(=O)(=O)Nc1nccs1. The summed E-state index contributed by atoms with van der Waals surface area (Å²) in [6.07, 6.45) is 2.23. The van der Waals surface area contributed by atoms with Crippen molar-refractivity contribution in [1.82, 2.24) is 4.98 Å².